The third-order valence-corrected chi connectivity index (χ3v) is 3.68. The van der Waals surface area contributed by atoms with Gasteiger partial charge in [0.15, 0.2) is 5.96 Å². The minimum Gasteiger partial charge on any atom is -0.439 e. The second kappa shape index (κ2) is 8.01. The number of hydrogen-bond donors (Lipinski definition) is 2. The van der Waals surface area contributed by atoms with Crippen molar-refractivity contribution in [2.75, 3.05) is 7.05 Å². The molecular formula is C20H28N4O. The zero-order chi connectivity index (χ0) is 18.4. The first-order valence-corrected chi connectivity index (χ1v) is 8.46. The maximum atomic E-state index is 5.88. The van der Waals surface area contributed by atoms with Gasteiger partial charge < -0.3 is 15.4 Å². The summed E-state index contributed by atoms with van der Waals surface area (Å²) in [4.78, 5) is 8.54. The number of aliphatic imine (C=N–C) groups is 1. The summed E-state index contributed by atoms with van der Waals surface area (Å²) in [6.45, 7) is 11.1. The van der Waals surface area contributed by atoms with Gasteiger partial charge in [-0.3, -0.25) is 4.99 Å². The first-order chi connectivity index (χ1) is 11.8. The maximum absolute atomic E-state index is 5.88. The van der Waals surface area contributed by atoms with E-state index in [9.17, 15) is 0 Å². The Morgan fingerprint density at radius 2 is 1.88 bits per heavy atom. The van der Waals surface area contributed by atoms with Crippen molar-refractivity contribution in [1.29, 1.82) is 0 Å². The Hall–Kier alpha value is -2.56. The Bertz CT molecular complexity index is 748. The number of ether oxygens (including phenoxy) is 1. The standard InChI is InChI=1S/C20H28N4O/c1-14-7-8-17(11-15(14)2)25-18-12-16(9-10-22-18)13-23-19(21-6)24-20(3,4)5/h7-12H,13H2,1-6H3,(H2,21,23,24). The molecule has 0 aliphatic rings. The Morgan fingerprint density at radius 1 is 1.12 bits per heavy atom. The molecule has 25 heavy (non-hydrogen) atoms. The fourth-order valence-electron chi connectivity index (χ4n) is 2.23. The Morgan fingerprint density at radius 3 is 2.52 bits per heavy atom. The third kappa shape index (κ3) is 6.10. The highest BCUT2D eigenvalue weighted by atomic mass is 16.5. The van der Waals surface area contributed by atoms with Crippen LogP contribution in [0, 0.1) is 13.8 Å². The largest absolute Gasteiger partial charge is 0.439 e. The minimum absolute atomic E-state index is 0.0440. The first kappa shape index (κ1) is 18.8. The molecule has 5 heteroatoms. The Labute approximate surface area is 150 Å². The van der Waals surface area contributed by atoms with Gasteiger partial charge in [-0.15, -0.1) is 0 Å². The lowest BCUT2D eigenvalue weighted by Crippen LogP contribution is -2.47. The lowest BCUT2D eigenvalue weighted by molar-refractivity contribution is 0.461. The average Bonchev–Trinajstić information content (AvgIpc) is 2.54. The number of guanidine groups is 1. The predicted octanol–water partition coefficient (Wildman–Crippen LogP) is 3.95. The summed E-state index contributed by atoms with van der Waals surface area (Å²) in [5.41, 5.74) is 3.48. The van der Waals surface area contributed by atoms with E-state index in [4.69, 9.17) is 4.74 Å². The molecule has 0 bridgehead atoms. The molecule has 2 rings (SSSR count). The second-order valence-corrected chi connectivity index (χ2v) is 7.15. The van der Waals surface area contributed by atoms with Gasteiger partial charge in [0.25, 0.3) is 0 Å². The number of pyridine rings is 1. The van der Waals surface area contributed by atoms with Gasteiger partial charge in [0.1, 0.15) is 5.75 Å². The van der Waals surface area contributed by atoms with Crippen molar-refractivity contribution in [1.82, 2.24) is 15.6 Å². The van der Waals surface area contributed by atoms with E-state index in [1.807, 2.05) is 24.3 Å². The van der Waals surface area contributed by atoms with Gasteiger partial charge in [-0.25, -0.2) is 4.98 Å². The van der Waals surface area contributed by atoms with Gasteiger partial charge in [-0.2, -0.15) is 0 Å². The highest BCUT2D eigenvalue weighted by molar-refractivity contribution is 5.80. The van der Waals surface area contributed by atoms with E-state index >= 15 is 0 Å². The number of nitrogens with one attached hydrogen (secondary N) is 2. The zero-order valence-electron chi connectivity index (χ0n) is 16.0. The molecule has 0 unspecified atom stereocenters. The normalized spacial score (nSPS) is 12.0. The van der Waals surface area contributed by atoms with E-state index < -0.39 is 0 Å². The van der Waals surface area contributed by atoms with Gasteiger partial charge in [0.2, 0.25) is 5.88 Å². The molecule has 0 fully saturated rings. The van der Waals surface area contributed by atoms with E-state index in [-0.39, 0.29) is 5.54 Å². The van der Waals surface area contributed by atoms with Crippen LogP contribution in [0.5, 0.6) is 11.6 Å². The minimum atomic E-state index is -0.0440. The molecule has 2 aromatic rings. The van der Waals surface area contributed by atoms with Crippen LogP contribution in [0.4, 0.5) is 0 Å². The van der Waals surface area contributed by atoms with Gasteiger partial charge >= 0.3 is 0 Å². The molecule has 0 amide bonds. The molecule has 2 N–H and O–H groups in total. The van der Waals surface area contributed by atoms with Crippen LogP contribution in [0.2, 0.25) is 0 Å². The van der Waals surface area contributed by atoms with Crippen molar-refractivity contribution in [2.45, 2.75) is 46.7 Å². The van der Waals surface area contributed by atoms with Gasteiger partial charge in [-0.05, 0) is 69.5 Å². The summed E-state index contributed by atoms with van der Waals surface area (Å²) < 4.78 is 5.88. The molecule has 5 nitrogen and oxygen atoms in total. The SMILES string of the molecule is CN=C(NCc1ccnc(Oc2ccc(C)c(C)c2)c1)NC(C)(C)C. The Kier molecular flexibility index (Phi) is 6.02. The van der Waals surface area contributed by atoms with Crippen LogP contribution >= 0.6 is 0 Å². The summed E-state index contributed by atoms with van der Waals surface area (Å²) in [6.07, 6.45) is 1.76. The number of aryl methyl sites for hydroxylation is 2. The van der Waals surface area contributed by atoms with Gasteiger partial charge in [0, 0.05) is 31.4 Å². The summed E-state index contributed by atoms with van der Waals surface area (Å²) >= 11 is 0. The highest BCUT2D eigenvalue weighted by Gasteiger charge is 2.11. The van der Waals surface area contributed by atoms with Crippen molar-refractivity contribution in [3.63, 3.8) is 0 Å². The van der Waals surface area contributed by atoms with Crippen LogP contribution in [0.1, 0.15) is 37.5 Å². The number of benzene rings is 1. The van der Waals surface area contributed by atoms with Crippen LogP contribution in [0.15, 0.2) is 41.5 Å². The molecular weight excluding hydrogens is 312 g/mol. The lowest BCUT2D eigenvalue weighted by atomic mass is 10.1. The van der Waals surface area contributed by atoms with E-state index in [2.05, 4.69) is 61.3 Å². The second-order valence-electron chi connectivity index (χ2n) is 7.15. The summed E-state index contributed by atoms with van der Waals surface area (Å²) in [7, 11) is 1.77. The average molecular weight is 340 g/mol. The van der Waals surface area contributed by atoms with E-state index in [0.717, 1.165) is 17.3 Å². The van der Waals surface area contributed by atoms with E-state index in [0.29, 0.717) is 12.4 Å². The Balaban J connectivity index is 2.02. The monoisotopic (exact) mass is 340 g/mol. The van der Waals surface area contributed by atoms with Crippen molar-refractivity contribution >= 4 is 5.96 Å². The van der Waals surface area contributed by atoms with Crippen molar-refractivity contribution in [3.05, 3.63) is 53.2 Å². The predicted molar refractivity (Wildman–Crippen MR) is 103 cm³/mol. The van der Waals surface area contributed by atoms with Crippen LogP contribution in [-0.2, 0) is 6.54 Å². The summed E-state index contributed by atoms with van der Waals surface area (Å²) in [5, 5.41) is 6.64. The number of aromatic nitrogens is 1. The van der Waals surface area contributed by atoms with E-state index in [1.54, 1.807) is 13.2 Å². The highest BCUT2D eigenvalue weighted by Crippen LogP contribution is 2.22. The topological polar surface area (TPSA) is 58.5 Å². The molecule has 0 radical (unpaired) electrons. The molecule has 0 saturated heterocycles. The molecule has 0 spiro atoms. The van der Waals surface area contributed by atoms with Gasteiger partial charge in [-0.1, -0.05) is 6.07 Å². The first-order valence-electron chi connectivity index (χ1n) is 8.46. The van der Waals surface area contributed by atoms with Crippen molar-refractivity contribution < 1.29 is 4.74 Å². The molecule has 134 valence electrons. The molecule has 0 saturated carbocycles. The van der Waals surface area contributed by atoms with Crippen molar-refractivity contribution in [2.24, 2.45) is 4.99 Å². The van der Waals surface area contributed by atoms with Crippen LogP contribution in [0.25, 0.3) is 0 Å². The molecule has 1 heterocycles. The third-order valence-electron chi connectivity index (χ3n) is 3.68. The number of rotatable bonds is 4. The fourth-order valence-corrected chi connectivity index (χ4v) is 2.23. The smallest absolute Gasteiger partial charge is 0.219 e. The summed E-state index contributed by atoms with van der Waals surface area (Å²) in [5.74, 6) is 2.15. The van der Waals surface area contributed by atoms with Crippen LogP contribution < -0.4 is 15.4 Å². The fraction of sp³-hybridized carbons (Fsp3) is 0.400. The molecule has 1 aromatic heterocycles. The number of nitrogens with zero attached hydrogens (tertiary/aromatic N) is 2. The maximum Gasteiger partial charge on any atom is 0.219 e. The quantitative estimate of drug-likeness (QED) is 0.653. The van der Waals surface area contributed by atoms with E-state index in [1.165, 1.54) is 11.1 Å². The molecule has 0 aliphatic heterocycles. The molecule has 1 aromatic carbocycles. The van der Waals surface area contributed by atoms with Crippen LogP contribution in [-0.4, -0.2) is 23.5 Å². The van der Waals surface area contributed by atoms with Gasteiger partial charge in [0.05, 0.1) is 0 Å². The molecule has 0 aliphatic carbocycles. The zero-order valence-corrected chi connectivity index (χ0v) is 16.0. The van der Waals surface area contributed by atoms with Crippen molar-refractivity contribution in [3.8, 4) is 11.6 Å². The summed E-state index contributed by atoms with van der Waals surface area (Å²) in [6, 6.07) is 9.94. The molecule has 0 atom stereocenters. The van der Waals surface area contributed by atoms with Crippen LogP contribution in [0.3, 0.4) is 0 Å². The number of hydrogen-bond acceptors (Lipinski definition) is 3. The lowest BCUT2D eigenvalue weighted by Gasteiger charge is -2.23.